The molecule has 1 aromatic carbocycles. The van der Waals surface area contributed by atoms with E-state index < -0.39 is 5.97 Å². The van der Waals surface area contributed by atoms with Gasteiger partial charge in [-0.1, -0.05) is 6.92 Å². The van der Waals surface area contributed by atoms with Crippen molar-refractivity contribution in [3.05, 3.63) is 29.8 Å². The lowest BCUT2D eigenvalue weighted by molar-refractivity contribution is 0.0697. The van der Waals surface area contributed by atoms with Crippen LogP contribution in [0.3, 0.4) is 0 Å². The summed E-state index contributed by atoms with van der Waals surface area (Å²) in [6.45, 7) is 2.07. The van der Waals surface area contributed by atoms with Crippen LogP contribution >= 0.6 is 0 Å². The third-order valence-corrected chi connectivity index (χ3v) is 3.41. The van der Waals surface area contributed by atoms with Crippen LogP contribution in [0.25, 0.3) is 0 Å². The van der Waals surface area contributed by atoms with E-state index in [2.05, 4.69) is 12.2 Å². The van der Waals surface area contributed by atoms with Crippen molar-refractivity contribution in [3.63, 3.8) is 0 Å². The van der Waals surface area contributed by atoms with E-state index in [1.54, 1.807) is 12.1 Å². The van der Waals surface area contributed by atoms with Crippen molar-refractivity contribution >= 4 is 17.7 Å². The summed E-state index contributed by atoms with van der Waals surface area (Å²) in [6.07, 6.45) is 0.969. The zero-order valence-corrected chi connectivity index (χ0v) is 11.2. The Kier molecular flexibility index (Phi) is 4.24. The number of hydrogen-bond acceptors (Lipinski definition) is 3. The highest BCUT2D eigenvalue weighted by Gasteiger charge is 2.35. The van der Waals surface area contributed by atoms with Crippen LogP contribution in [-0.2, 0) is 0 Å². The number of amides is 2. The van der Waals surface area contributed by atoms with E-state index in [9.17, 15) is 9.59 Å². The number of rotatable bonds is 5. The van der Waals surface area contributed by atoms with Gasteiger partial charge in [-0.05, 0) is 36.6 Å². The van der Waals surface area contributed by atoms with Gasteiger partial charge in [0.1, 0.15) is 0 Å². The monoisotopic (exact) mass is 278 g/mol. The number of carbonyl (C=O) groups excluding carboxylic acids is 1. The Hall–Kier alpha value is -2.08. The first-order chi connectivity index (χ1) is 9.52. The highest BCUT2D eigenvalue weighted by atomic mass is 16.4. The van der Waals surface area contributed by atoms with Gasteiger partial charge in [-0.15, -0.1) is 0 Å². The molecule has 3 N–H and O–H groups in total. The summed E-state index contributed by atoms with van der Waals surface area (Å²) < 4.78 is 0. The van der Waals surface area contributed by atoms with Crippen molar-refractivity contribution in [2.24, 2.45) is 5.92 Å². The number of anilines is 1. The molecule has 1 aliphatic rings. The quantitative estimate of drug-likeness (QED) is 0.757. The van der Waals surface area contributed by atoms with Crippen molar-refractivity contribution in [3.8, 4) is 0 Å². The molecule has 0 aliphatic heterocycles. The highest BCUT2D eigenvalue weighted by Crippen LogP contribution is 2.29. The number of hydrogen-bond donors (Lipinski definition) is 3. The highest BCUT2D eigenvalue weighted by molar-refractivity contribution is 5.93. The van der Waals surface area contributed by atoms with E-state index in [0.717, 1.165) is 6.42 Å². The number of nitrogens with one attached hydrogen (secondary N) is 1. The maximum atomic E-state index is 12.1. The Labute approximate surface area is 117 Å². The van der Waals surface area contributed by atoms with E-state index >= 15 is 0 Å². The summed E-state index contributed by atoms with van der Waals surface area (Å²) in [4.78, 5) is 24.3. The molecule has 2 amide bonds. The molecule has 1 fully saturated rings. The van der Waals surface area contributed by atoms with Gasteiger partial charge >= 0.3 is 12.0 Å². The molecule has 1 saturated carbocycles. The first-order valence-electron chi connectivity index (χ1n) is 6.55. The maximum Gasteiger partial charge on any atom is 0.335 e. The van der Waals surface area contributed by atoms with Crippen LogP contribution in [0, 0.1) is 5.92 Å². The summed E-state index contributed by atoms with van der Waals surface area (Å²) in [5, 5.41) is 20.8. The molecule has 1 aliphatic carbocycles. The molecule has 2 unspecified atom stereocenters. The second-order valence-corrected chi connectivity index (χ2v) is 5.00. The van der Waals surface area contributed by atoms with Crippen molar-refractivity contribution in [2.45, 2.75) is 19.4 Å². The van der Waals surface area contributed by atoms with E-state index in [1.165, 1.54) is 17.0 Å². The number of urea groups is 1. The summed E-state index contributed by atoms with van der Waals surface area (Å²) in [5.41, 5.74) is 0.726. The minimum Gasteiger partial charge on any atom is -0.478 e. The number of benzene rings is 1. The molecule has 108 valence electrons. The average Bonchev–Trinajstić information content (AvgIpc) is 3.11. The Balaban J connectivity index is 2.10. The lowest BCUT2D eigenvalue weighted by Gasteiger charge is -2.22. The SMILES string of the molecule is CC1CC1NC(=O)N(CCO)c1ccc(C(=O)O)cc1. The molecule has 20 heavy (non-hydrogen) atoms. The van der Waals surface area contributed by atoms with Crippen LogP contribution in [0.2, 0.25) is 0 Å². The molecule has 0 bridgehead atoms. The number of aliphatic hydroxyl groups excluding tert-OH is 1. The molecule has 0 saturated heterocycles. The van der Waals surface area contributed by atoms with Gasteiger partial charge in [0.15, 0.2) is 0 Å². The molecule has 0 spiro atoms. The van der Waals surface area contributed by atoms with Crippen LogP contribution in [-0.4, -0.2) is 41.4 Å². The van der Waals surface area contributed by atoms with Gasteiger partial charge in [-0.25, -0.2) is 9.59 Å². The first-order valence-corrected chi connectivity index (χ1v) is 6.55. The van der Waals surface area contributed by atoms with Crippen LogP contribution in [0.5, 0.6) is 0 Å². The third-order valence-electron chi connectivity index (χ3n) is 3.41. The molecule has 1 aromatic rings. The van der Waals surface area contributed by atoms with Crippen LogP contribution in [0.15, 0.2) is 24.3 Å². The lowest BCUT2D eigenvalue weighted by atomic mass is 10.2. The largest absolute Gasteiger partial charge is 0.478 e. The maximum absolute atomic E-state index is 12.1. The van der Waals surface area contributed by atoms with Crippen molar-refractivity contribution in [1.82, 2.24) is 5.32 Å². The number of carboxylic acid groups (broad SMARTS) is 1. The summed E-state index contributed by atoms with van der Waals surface area (Å²) in [7, 11) is 0. The van der Waals surface area contributed by atoms with Gasteiger partial charge in [0.25, 0.3) is 0 Å². The van der Waals surface area contributed by atoms with E-state index in [0.29, 0.717) is 11.6 Å². The number of nitrogens with zero attached hydrogens (tertiary/aromatic N) is 1. The smallest absolute Gasteiger partial charge is 0.335 e. The van der Waals surface area contributed by atoms with Gasteiger partial charge in [-0.2, -0.15) is 0 Å². The number of aliphatic hydroxyl groups is 1. The van der Waals surface area contributed by atoms with Crippen LogP contribution in [0.1, 0.15) is 23.7 Å². The molecular weight excluding hydrogens is 260 g/mol. The van der Waals surface area contributed by atoms with Crippen molar-refractivity contribution in [1.29, 1.82) is 0 Å². The summed E-state index contributed by atoms with van der Waals surface area (Å²) in [5.74, 6) is -0.522. The molecule has 0 heterocycles. The minimum atomic E-state index is -1.01. The van der Waals surface area contributed by atoms with Gasteiger partial charge in [0.05, 0.1) is 18.7 Å². The zero-order chi connectivity index (χ0) is 14.7. The van der Waals surface area contributed by atoms with Gasteiger partial charge in [0, 0.05) is 11.7 Å². The average molecular weight is 278 g/mol. The topological polar surface area (TPSA) is 89.9 Å². The van der Waals surface area contributed by atoms with Crippen molar-refractivity contribution < 1.29 is 19.8 Å². The predicted molar refractivity (Wildman–Crippen MR) is 73.9 cm³/mol. The molecular formula is C14H18N2O4. The normalized spacial score (nSPS) is 20.3. The third kappa shape index (κ3) is 3.27. The van der Waals surface area contributed by atoms with Gasteiger partial charge in [0.2, 0.25) is 0 Å². The number of aromatic carboxylic acids is 1. The van der Waals surface area contributed by atoms with Gasteiger partial charge in [-0.3, -0.25) is 4.90 Å². The standard InChI is InChI=1S/C14H18N2O4/c1-9-8-12(9)15-14(20)16(6-7-17)11-4-2-10(3-5-11)13(18)19/h2-5,9,12,17H,6-8H2,1H3,(H,15,20)(H,18,19). The van der Waals surface area contributed by atoms with Crippen LogP contribution < -0.4 is 10.2 Å². The fraction of sp³-hybridized carbons (Fsp3) is 0.429. The van der Waals surface area contributed by atoms with E-state index in [4.69, 9.17) is 10.2 Å². The van der Waals surface area contributed by atoms with Gasteiger partial charge < -0.3 is 15.5 Å². The molecule has 6 heteroatoms. The number of carbonyl (C=O) groups is 2. The summed E-state index contributed by atoms with van der Waals surface area (Å²) in [6, 6.07) is 5.94. The first kappa shape index (κ1) is 14.3. The second kappa shape index (κ2) is 5.92. The number of carboxylic acids is 1. The Morgan fingerprint density at radius 2 is 1.95 bits per heavy atom. The fourth-order valence-corrected chi connectivity index (χ4v) is 1.99. The fourth-order valence-electron chi connectivity index (χ4n) is 1.99. The minimum absolute atomic E-state index is 0.158. The summed E-state index contributed by atoms with van der Waals surface area (Å²) >= 11 is 0. The molecule has 6 nitrogen and oxygen atoms in total. The molecule has 0 aromatic heterocycles. The zero-order valence-electron chi connectivity index (χ0n) is 11.2. The van der Waals surface area contributed by atoms with Crippen LogP contribution in [0.4, 0.5) is 10.5 Å². The Morgan fingerprint density at radius 1 is 1.35 bits per heavy atom. The molecule has 2 atom stereocenters. The van der Waals surface area contributed by atoms with E-state index in [-0.39, 0.29) is 30.8 Å². The Bertz CT molecular complexity index is 500. The van der Waals surface area contributed by atoms with E-state index in [1.807, 2.05) is 0 Å². The predicted octanol–water partition coefficient (Wildman–Crippen LogP) is 1.30. The second-order valence-electron chi connectivity index (χ2n) is 5.00. The Morgan fingerprint density at radius 3 is 2.40 bits per heavy atom. The lowest BCUT2D eigenvalue weighted by Crippen LogP contribution is -2.43. The molecule has 0 radical (unpaired) electrons. The van der Waals surface area contributed by atoms with Crippen molar-refractivity contribution in [2.75, 3.05) is 18.1 Å². The molecule has 2 rings (SSSR count).